The van der Waals surface area contributed by atoms with E-state index in [9.17, 15) is 19.2 Å². The molecule has 0 aliphatic carbocycles. The molecule has 2 N–H and O–H groups in total. The molecule has 0 unspecified atom stereocenters. The Balaban J connectivity index is 1.89. The largest absolute Gasteiger partial charge is 0.329 e. The van der Waals surface area contributed by atoms with E-state index >= 15 is 0 Å². The highest BCUT2D eigenvalue weighted by atomic mass is 16.2. The maximum absolute atomic E-state index is 13.3. The van der Waals surface area contributed by atoms with Crippen LogP contribution < -0.4 is 22.3 Å². The minimum absolute atomic E-state index is 0.0272. The third-order valence-electron chi connectivity index (χ3n) is 5.78. The number of imidazole rings is 1. The van der Waals surface area contributed by atoms with Gasteiger partial charge < -0.3 is 5.32 Å². The highest BCUT2D eigenvalue weighted by Crippen LogP contribution is 2.22. The molecule has 3 aromatic heterocycles. The summed E-state index contributed by atoms with van der Waals surface area (Å²) in [7, 11) is 3.34. The molecule has 0 bridgehead atoms. The molecule has 172 valence electrons. The van der Waals surface area contributed by atoms with Crippen LogP contribution in [0.4, 0.5) is 5.69 Å². The SMILES string of the molecule is CCCn1c(=O)[nH]c(=O)c2c(C(=O)Nc3ccc4c(c3)n(C)c(=O)n4C)cc(C(C)C)nc21. The summed E-state index contributed by atoms with van der Waals surface area (Å²) in [5, 5.41) is 2.89. The van der Waals surface area contributed by atoms with Gasteiger partial charge in [0.05, 0.1) is 22.0 Å². The standard InChI is InChI=1S/C23H26N6O4/c1-6-9-29-19-18(21(31)26-22(29)32)14(11-15(25-19)12(2)3)20(30)24-13-7-8-16-17(10-13)28(5)23(33)27(16)4/h7-8,10-12H,6,9H2,1-5H3,(H,24,30)(H,26,31,32). The molecule has 3 heterocycles. The van der Waals surface area contributed by atoms with E-state index in [4.69, 9.17) is 0 Å². The fraction of sp³-hybridized carbons (Fsp3) is 0.348. The lowest BCUT2D eigenvalue weighted by atomic mass is 10.0. The normalized spacial score (nSPS) is 11.6. The van der Waals surface area contributed by atoms with Crippen LogP contribution >= 0.6 is 0 Å². The van der Waals surface area contributed by atoms with Crippen LogP contribution in [-0.4, -0.2) is 29.6 Å². The number of hydrogen-bond donors (Lipinski definition) is 2. The molecule has 4 rings (SSSR count). The molecule has 4 aromatic rings. The Morgan fingerprint density at radius 3 is 2.45 bits per heavy atom. The van der Waals surface area contributed by atoms with Crippen LogP contribution in [-0.2, 0) is 20.6 Å². The Bertz CT molecular complexity index is 1590. The van der Waals surface area contributed by atoms with Crippen LogP contribution in [0.5, 0.6) is 0 Å². The number of aryl methyl sites for hydroxylation is 3. The molecule has 0 spiro atoms. The molecule has 0 aliphatic rings. The van der Waals surface area contributed by atoms with Crippen molar-refractivity contribution >= 4 is 33.7 Å². The number of rotatable bonds is 5. The van der Waals surface area contributed by atoms with E-state index in [1.807, 2.05) is 20.8 Å². The van der Waals surface area contributed by atoms with Gasteiger partial charge in [-0.15, -0.1) is 0 Å². The molecular formula is C23H26N6O4. The van der Waals surface area contributed by atoms with Crippen molar-refractivity contribution in [2.24, 2.45) is 14.1 Å². The summed E-state index contributed by atoms with van der Waals surface area (Å²) in [6.07, 6.45) is 0.659. The molecule has 0 saturated heterocycles. The monoisotopic (exact) mass is 450 g/mol. The third-order valence-corrected chi connectivity index (χ3v) is 5.78. The number of anilines is 1. The zero-order valence-electron chi connectivity index (χ0n) is 19.2. The minimum Gasteiger partial charge on any atom is -0.322 e. The second-order valence-electron chi connectivity index (χ2n) is 8.42. The lowest BCUT2D eigenvalue weighted by Crippen LogP contribution is -2.32. The van der Waals surface area contributed by atoms with Crippen molar-refractivity contribution in [3.05, 3.63) is 66.8 Å². The van der Waals surface area contributed by atoms with Crippen molar-refractivity contribution in [2.75, 3.05) is 5.32 Å². The van der Waals surface area contributed by atoms with E-state index in [0.717, 1.165) is 5.52 Å². The van der Waals surface area contributed by atoms with Crippen LogP contribution in [0.15, 0.2) is 38.6 Å². The number of pyridine rings is 1. The maximum atomic E-state index is 13.3. The molecule has 1 aromatic carbocycles. The lowest BCUT2D eigenvalue weighted by molar-refractivity contribution is 0.102. The van der Waals surface area contributed by atoms with E-state index in [1.165, 1.54) is 13.7 Å². The molecule has 10 nitrogen and oxygen atoms in total. The Morgan fingerprint density at radius 1 is 1.09 bits per heavy atom. The van der Waals surface area contributed by atoms with E-state index in [2.05, 4.69) is 15.3 Å². The van der Waals surface area contributed by atoms with Gasteiger partial charge >= 0.3 is 11.4 Å². The predicted octanol–water partition coefficient (Wildman–Crippen LogP) is 2.06. The first-order valence-electron chi connectivity index (χ1n) is 10.8. The number of aromatic nitrogens is 5. The molecule has 0 aliphatic heterocycles. The average Bonchev–Trinajstić information content (AvgIpc) is 2.99. The number of H-pyrrole nitrogens is 1. The number of nitrogens with one attached hydrogen (secondary N) is 2. The zero-order chi connectivity index (χ0) is 24.0. The van der Waals surface area contributed by atoms with Gasteiger partial charge in [-0.3, -0.25) is 28.3 Å². The number of nitrogens with zero attached hydrogens (tertiary/aromatic N) is 4. The summed E-state index contributed by atoms with van der Waals surface area (Å²) in [6, 6.07) is 6.75. The first-order chi connectivity index (χ1) is 15.6. The lowest BCUT2D eigenvalue weighted by Gasteiger charge is -2.14. The van der Waals surface area contributed by atoms with Gasteiger partial charge in [0.25, 0.3) is 11.5 Å². The Kier molecular flexibility index (Phi) is 5.52. The van der Waals surface area contributed by atoms with Gasteiger partial charge in [-0.2, -0.15) is 0 Å². The van der Waals surface area contributed by atoms with E-state index in [0.29, 0.717) is 29.9 Å². The number of amides is 1. The van der Waals surface area contributed by atoms with Crippen LogP contribution in [0.1, 0.15) is 49.2 Å². The van der Waals surface area contributed by atoms with Crippen molar-refractivity contribution in [3.63, 3.8) is 0 Å². The fourth-order valence-electron chi connectivity index (χ4n) is 3.98. The fourth-order valence-corrected chi connectivity index (χ4v) is 3.98. The predicted molar refractivity (Wildman–Crippen MR) is 127 cm³/mol. The van der Waals surface area contributed by atoms with Gasteiger partial charge in [0.1, 0.15) is 0 Å². The molecule has 1 amide bonds. The minimum atomic E-state index is -0.656. The van der Waals surface area contributed by atoms with Crippen LogP contribution in [0, 0.1) is 0 Å². The Morgan fingerprint density at radius 2 is 1.79 bits per heavy atom. The summed E-state index contributed by atoms with van der Waals surface area (Å²) in [5.41, 5.74) is 1.43. The molecular weight excluding hydrogens is 424 g/mol. The van der Waals surface area contributed by atoms with Gasteiger partial charge in [-0.25, -0.2) is 14.6 Å². The highest BCUT2D eigenvalue weighted by Gasteiger charge is 2.21. The number of carbonyl (C=O) groups excluding carboxylic acids is 1. The zero-order valence-corrected chi connectivity index (χ0v) is 19.2. The van der Waals surface area contributed by atoms with Gasteiger partial charge in [-0.05, 0) is 36.6 Å². The molecule has 33 heavy (non-hydrogen) atoms. The summed E-state index contributed by atoms with van der Waals surface area (Å²) >= 11 is 0. The van der Waals surface area contributed by atoms with Crippen LogP contribution in [0.2, 0.25) is 0 Å². The molecule has 0 radical (unpaired) electrons. The number of benzene rings is 1. The number of hydrogen-bond acceptors (Lipinski definition) is 5. The highest BCUT2D eigenvalue weighted by molar-refractivity contribution is 6.12. The number of aromatic amines is 1. The second-order valence-corrected chi connectivity index (χ2v) is 8.42. The van der Waals surface area contributed by atoms with Crippen molar-refractivity contribution in [1.29, 1.82) is 0 Å². The molecule has 0 fully saturated rings. The maximum Gasteiger partial charge on any atom is 0.329 e. The van der Waals surface area contributed by atoms with Crippen molar-refractivity contribution in [3.8, 4) is 0 Å². The quantitative estimate of drug-likeness (QED) is 0.482. The van der Waals surface area contributed by atoms with E-state index in [1.54, 1.807) is 38.4 Å². The first kappa shape index (κ1) is 22.3. The Labute approximate surface area is 188 Å². The van der Waals surface area contributed by atoms with Gasteiger partial charge in [0.15, 0.2) is 5.65 Å². The van der Waals surface area contributed by atoms with Gasteiger partial charge in [0.2, 0.25) is 0 Å². The van der Waals surface area contributed by atoms with Crippen LogP contribution in [0.3, 0.4) is 0 Å². The third kappa shape index (κ3) is 3.67. The number of fused-ring (bicyclic) bond motifs is 2. The Hall–Kier alpha value is -3.95. The first-order valence-corrected chi connectivity index (χ1v) is 10.8. The summed E-state index contributed by atoms with van der Waals surface area (Å²) in [6.45, 7) is 6.13. The number of carbonyl (C=O) groups is 1. The summed E-state index contributed by atoms with van der Waals surface area (Å²) in [4.78, 5) is 57.6. The molecule has 0 atom stereocenters. The summed E-state index contributed by atoms with van der Waals surface area (Å²) < 4.78 is 4.42. The smallest absolute Gasteiger partial charge is 0.322 e. The average molecular weight is 450 g/mol. The second kappa shape index (κ2) is 8.19. The van der Waals surface area contributed by atoms with Gasteiger partial charge in [0, 0.05) is 32.0 Å². The summed E-state index contributed by atoms with van der Waals surface area (Å²) in [5.74, 6) is -0.530. The van der Waals surface area contributed by atoms with Crippen LogP contribution in [0.25, 0.3) is 22.1 Å². The van der Waals surface area contributed by atoms with Crippen molar-refractivity contribution in [1.82, 2.24) is 23.7 Å². The van der Waals surface area contributed by atoms with Crippen molar-refractivity contribution in [2.45, 2.75) is 39.7 Å². The topological polar surface area (TPSA) is 124 Å². The molecule has 0 saturated carbocycles. The molecule has 10 heteroatoms. The van der Waals surface area contributed by atoms with E-state index < -0.39 is 17.2 Å². The van der Waals surface area contributed by atoms with E-state index in [-0.39, 0.29) is 28.2 Å². The van der Waals surface area contributed by atoms with Crippen molar-refractivity contribution < 1.29 is 4.79 Å². The van der Waals surface area contributed by atoms with Gasteiger partial charge in [-0.1, -0.05) is 20.8 Å².